The van der Waals surface area contributed by atoms with E-state index < -0.39 is 6.61 Å². The van der Waals surface area contributed by atoms with Gasteiger partial charge in [-0.05, 0) is 61.4 Å². The molecule has 0 saturated carbocycles. The summed E-state index contributed by atoms with van der Waals surface area (Å²) in [5.41, 5.74) is 0.980. The van der Waals surface area contributed by atoms with Crippen molar-refractivity contribution < 1.29 is 13.5 Å². The molecule has 1 saturated heterocycles. The first-order valence-corrected chi connectivity index (χ1v) is 8.16. The lowest BCUT2D eigenvalue weighted by molar-refractivity contribution is -0.0499. The first kappa shape index (κ1) is 15.6. The molecular formula is C15H21F2NOS. The van der Waals surface area contributed by atoms with Gasteiger partial charge in [-0.2, -0.15) is 20.5 Å². The predicted octanol–water partition coefficient (Wildman–Crippen LogP) is 4.08. The van der Waals surface area contributed by atoms with E-state index in [1.54, 1.807) is 18.2 Å². The molecular weight excluding hydrogens is 280 g/mol. The largest absolute Gasteiger partial charge is 0.435 e. The number of rotatable bonds is 6. The van der Waals surface area contributed by atoms with Gasteiger partial charge in [0.25, 0.3) is 0 Å². The van der Waals surface area contributed by atoms with Crippen LogP contribution in [0.5, 0.6) is 5.75 Å². The molecule has 1 fully saturated rings. The van der Waals surface area contributed by atoms with Gasteiger partial charge in [-0.1, -0.05) is 12.1 Å². The number of hydrogen-bond donors (Lipinski definition) is 1. The van der Waals surface area contributed by atoms with Crippen LogP contribution in [0.1, 0.15) is 31.4 Å². The van der Waals surface area contributed by atoms with E-state index >= 15 is 0 Å². The van der Waals surface area contributed by atoms with Crippen molar-refractivity contribution >= 4 is 11.8 Å². The standard InChI is InChI=1S/C15H21F2NOS/c1-11(18-10-12-5-7-20-8-6-12)13-3-2-4-14(9-13)19-15(16)17/h2-4,9,11-12,15,18H,5-8,10H2,1H3. The van der Waals surface area contributed by atoms with Crippen LogP contribution in [0.25, 0.3) is 0 Å². The zero-order chi connectivity index (χ0) is 14.4. The van der Waals surface area contributed by atoms with Crippen LogP contribution in [-0.2, 0) is 0 Å². The van der Waals surface area contributed by atoms with Gasteiger partial charge in [0, 0.05) is 6.04 Å². The molecule has 20 heavy (non-hydrogen) atoms. The summed E-state index contributed by atoms with van der Waals surface area (Å²) in [6.45, 7) is 0.272. The highest BCUT2D eigenvalue weighted by Gasteiger charge is 2.15. The molecule has 1 unspecified atom stereocenters. The van der Waals surface area contributed by atoms with Gasteiger partial charge in [0.05, 0.1) is 0 Å². The minimum absolute atomic E-state index is 0.144. The first-order valence-electron chi connectivity index (χ1n) is 7.01. The molecule has 1 aliphatic rings. The Labute approximate surface area is 123 Å². The fourth-order valence-corrected chi connectivity index (χ4v) is 3.58. The second-order valence-electron chi connectivity index (χ2n) is 5.14. The Bertz CT molecular complexity index is 411. The summed E-state index contributed by atoms with van der Waals surface area (Å²) in [7, 11) is 0. The molecule has 0 spiro atoms. The number of benzene rings is 1. The zero-order valence-corrected chi connectivity index (χ0v) is 12.5. The zero-order valence-electron chi connectivity index (χ0n) is 11.6. The maximum absolute atomic E-state index is 12.2. The molecule has 112 valence electrons. The van der Waals surface area contributed by atoms with E-state index in [-0.39, 0.29) is 11.8 Å². The van der Waals surface area contributed by atoms with Gasteiger partial charge in [-0.3, -0.25) is 0 Å². The van der Waals surface area contributed by atoms with E-state index in [2.05, 4.69) is 17.0 Å². The average Bonchev–Trinajstić information content (AvgIpc) is 2.45. The Hall–Kier alpha value is -0.810. The molecule has 2 rings (SSSR count). The van der Waals surface area contributed by atoms with Gasteiger partial charge >= 0.3 is 6.61 Å². The Morgan fingerprint density at radius 2 is 2.10 bits per heavy atom. The summed E-state index contributed by atoms with van der Waals surface area (Å²) in [6.07, 6.45) is 2.53. The third-order valence-corrected chi connectivity index (χ3v) is 4.69. The normalized spacial score (nSPS) is 18.2. The van der Waals surface area contributed by atoms with E-state index in [1.165, 1.54) is 24.3 Å². The Balaban J connectivity index is 1.86. The lowest BCUT2D eigenvalue weighted by atomic mass is 10.0. The summed E-state index contributed by atoms with van der Waals surface area (Å²) >= 11 is 2.02. The second-order valence-corrected chi connectivity index (χ2v) is 6.36. The Morgan fingerprint density at radius 1 is 1.35 bits per heavy atom. The van der Waals surface area contributed by atoms with E-state index in [9.17, 15) is 8.78 Å². The monoisotopic (exact) mass is 301 g/mol. The van der Waals surface area contributed by atoms with Crippen LogP contribution in [0.15, 0.2) is 24.3 Å². The fraction of sp³-hybridized carbons (Fsp3) is 0.600. The number of hydrogen-bond acceptors (Lipinski definition) is 3. The number of ether oxygens (including phenoxy) is 1. The third-order valence-electron chi connectivity index (χ3n) is 3.64. The highest BCUT2D eigenvalue weighted by atomic mass is 32.2. The molecule has 5 heteroatoms. The van der Waals surface area contributed by atoms with Crippen molar-refractivity contribution in [3.63, 3.8) is 0 Å². The highest BCUT2D eigenvalue weighted by molar-refractivity contribution is 7.99. The molecule has 1 N–H and O–H groups in total. The van der Waals surface area contributed by atoms with Gasteiger partial charge in [-0.25, -0.2) is 0 Å². The van der Waals surface area contributed by atoms with E-state index in [0.717, 1.165) is 18.0 Å². The topological polar surface area (TPSA) is 21.3 Å². The molecule has 0 amide bonds. The summed E-state index contributed by atoms with van der Waals surface area (Å²) in [5.74, 6) is 3.45. The highest BCUT2D eigenvalue weighted by Crippen LogP contribution is 2.24. The number of thioether (sulfide) groups is 1. The molecule has 1 aromatic rings. The van der Waals surface area contributed by atoms with Gasteiger partial charge in [0.1, 0.15) is 5.75 Å². The average molecular weight is 301 g/mol. The minimum Gasteiger partial charge on any atom is -0.435 e. The van der Waals surface area contributed by atoms with Crippen molar-refractivity contribution in [3.05, 3.63) is 29.8 Å². The van der Waals surface area contributed by atoms with Crippen LogP contribution >= 0.6 is 11.8 Å². The SMILES string of the molecule is CC(NCC1CCSCC1)c1cccc(OC(F)F)c1. The van der Waals surface area contributed by atoms with E-state index in [4.69, 9.17) is 0 Å². The molecule has 0 radical (unpaired) electrons. The number of alkyl halides is 2. The van der Waals surface area contributed by atoms with Crippen LogP contribution in [0.3, 0.4) is 0 Å². The van der Waals surface area contributed by atoms with E-state index in [1.807, 2.05) is 17.8 Å². The van der Waals surface area contributed by atoms with Crippen LogP contribution in [0.4, 0.5) is 8.78 Å². The van der Waals surface area contributed by atoms with Crippen molar-refractivity contribution in [3.8, 4) is 5.75 Å². The van der Waals surface area contributed by atoms with Crippen molar-refractivity contribution in [1.29, 1.82) is 0 Å². The fourth-order valence-electron chi connectivity index (χ4n) is 2.37. The second kappa shape index (κ2) is 7.84. The summed E-state index contributed by atoms with van der Waals surface area (Å²) < 4.78 is 28.8. The van der Waals surface area contributed by atoms with Gasteiger partial charge in [0.15, 0.2) is 0 Å². The smallest absolute Gasteiger partial charge is 0.387 e. The van der Waals surface area contributed by atoms with Gasteiger partial charge in [0.2, 0.25) is 0 Å². The van der Waals surface area contributed by atoms with Crippen LogP contribution in [0, 0.1) is 5.92 Å². The predicted molar refractivity (Wildman–Crippen MR) is 79.5 cm³/mol. The summed E-state index contributed by atoms with van der Waals surface area (Å²) in [4.78, 5) is 0. The minimum atomic E-state index is -2.77. The van der Waals surface area contributed by atoms with Crippen molar-refractivity contribution in [2.75, 3.05) is 18.1 Å². The van der Waals surface area contributed by atoms with Crippen LogP contribution in [0.2, 0.25) is 0 Å². The van der Waals surface area contributed by atoms with Crippen molar-refractivity contribution in [2.24, 2.45) is 5.92 Å². The molecule has 1 aliphatic heterocycles. The lowest BCUT2D eigenvalue weighted by Crippen LogP contribution is -2.28. The maximum atomic E-state index is 12.2. The third kappa shape index (κ3) is 4.94. The maximum Gasteiger partial charge on any atom is 0.387 e. The molecule has 0 aromatic heterocycles. The number of nitrogens with one attached hydrogen (secondary N) is 1. The molecule has 1 heterocycles. The van der Waals surface area contributed by atoms with Gasteiger partial charge < -0.3 is 10.1 Å². The quantitative estimate of drug-likeness (QED) is 0.855. The number of halogens is 2. The summed E-state index contributed by atoms with van der Waals surface area (Å²) in [5, 5.41) is 3.50. The Morgan fingerprint density at radius 3 is 2.80 bits per heavy atom. The first-order chi connectivity index (χ1) is 9.65. The lowest BCUT2D eigenvalue weighted by Gasteiger charge is -2.24. The van der Waals surface area contributed by atoms with Gasteiger partial charge in [-0.15, -0.1) is 0 Å². The summed E-state index contributed by atoms with van der Waals surface area (Å²) in [6, 6.07) is 7.07. The molecule has 1 atom stereocenters. The Kier molecular flexibility index (Phi) is 6.10. The molecule has 0 aliphatic carbocycles. The molecule has 2 nitrogen and oxygen atoms in total. The van der Waals surface area contributed by atoms with Crippen molar-refractivity contribution in [2.45, 2.75) is 32.4 Å². The van der Waals surface area contributed by atoms with E-state index in [0.29, 0.717) is 0 Å². The molecule has 0 bridgehead atoms. The van der Waals surface area contributed by atoms with Crippen molar-refractivity contribution in [1.82, 2.24) is 5.32 Å². The van der Waals surface area contributed by atoms with Crippen LogP contribution in [-0.4, -0.2) is 24.7 Å². The molecule has 1 aromatic carbocycles. The van der Waals surface area contributed by atoms with Crippen LogP contribution < -0.4 is 10.1 Å².